The van der Waals surface area contributed by atoms with Gasteiger partial charge in [0.15, 0.2) is 0 Å². The van der Waals surface area contributed by atoms with Gasteiger partial charge in [0.25, 0.3) is 0 Å². The van der Waals surface area contributed by atoms with Crippen LogP contribution in [0.5, 0.6) is 0 Å². The lowest BCUT2D eigenvalue weighted by Gasteiger charge is -2.06. The van der Waals surface area contributed by atoms with E-state index in [9.17, 15) is 0 Å². The van der Waals surface area contributed by atoms with Gasteiger partial charge in [0, 0.05) is 37.5 Å². The molecule has 124 valence electrons. The molecule has 3 rings (SSSR count). The normalized spacial score (nSPS) is 11.7. The monoisotopic (exact) mass is 445 g/mol. The summed E-state index contributed by atoms with van der Waals surface area (Å²) in [5, 5.41) is 2.69. The lowest BCUT2D eigenvalue weighted by atomic mass is 10.1. The summed E-state index contributed by atoms with van der Waals surface area (Å²) in [4.78, 5) is 0. The molecule has 3 aromatic rings. The molecular formula is C21H24INSi. The van der Waals surface area contributed by atoms with Crippen molar-refractivity contribution >= 4 is 52.5 Å². The highest BCUT2D eigenvalue weighted by Gasteiger charge is 2.12. The number of aryl methyl sites for hydroxylation is 1. The summed E-state index contributed by atoms with van der Waals surface area (Å²) in [6, 6.07) is 13.5. The predicted octanol–water partition coefficient (Wildman–Crippen LogP) is 6.43. The number of halogens is 1. The van der Waals surface area contributed by atoms with E-state index in [0.29, 0.717) is 0 Å². The Morgan fingerprint density at radius 3 is 2.33 bits per heavy atom. The quantitative estimate of drug-likeness (QED) is 0.249. The van der Waals surface area contributed by atoms with E-state index in [0.717, 1.165) is 12.1 Å². The van der Waals surface area contributed by atoms with Crippen LogP contribution in [0.3, 0.4) is 0 Å². The van der Waals surface area contributed by atoms with E-state index >= 15 is 0 Å². The van der Waals surface area contributed by atoms with Gasteiger partial charge >= 0.3 is 0 Å². The fourth-order valence-corrected chi connectivity index (χ4v) is 3.98. The van der Waals surface area contributed by atoms with Crippen molar-refractivity contribution in [2.24, 2.45) is 0 Å². The van der Waals surface area contributed by atoms with Crippen LogP contribution in [0.15, 0.2) is 36.4 Å². The highest BCUT2D eigenvalue weighted by atomic mass is 127. The zero-order valence-corrected chi connectivity index (χ0v) is 18.1. The molecule has 0 saturated heterocycles. The van der Waals surface area contributed by atoms with E-state index in [4.69, 9.17) is 0 Å². The molecule has 3 heteroatoms. The van der Waals surface area contributed by atoms with Crippen LogP contribution in [0, 0.1) is 15.0 Å². The maximum Gasteiger partial charge on any atom is 0.129 e. The Balaban J connectivity index is 2.22. The third kappa shape index (κ3) is 3.70. The number of unbranched alkanes of at least 4 members (excludes halogenated alkanes) is 1. The van der Waals surface area contributed by atoms with Crippen LogP contribution in [0.2, 0.25) is 19.6 Å². The van der Waals surface area contributed by atoms with Crippen LogP contribution in [-0.2, 0) is 6.54 Å². The van der Waals surface area contributed by atoms with Crippen LogP contribution in [0.25, 0.3) is 21.8 Å². The molecule has 0 fully saturated rings. The summed E-state index contributed by atoms with van der Waals surface area (Å²) in [6.07, 6.45) is 2.42. The first kappa shape index (κ1) is 17.6. The van der Waals surface area contributed by atoms with Crippen LogP contribution >= 0.6 is 22.6 Å². The van der Waals surface area contributed by atoms with Gasteiger partial charge in [-0.15, -0.1) is 5.54 Å². The van der Waals surface area contributed by atoms with Gasteiger partial charge in [-0.05, 0) is 65.4 Å². The summed E-state index contributed by atoms with van der Waals surface area (Å²) in [5.41, 5.74) is 7.30. The molecule has 0 amide bonds. The molecule has 1 nitrogen and oxygen atoms in total. The van der Waals surface area contributed by atoms with Crippen LogP contribution in [-0.4, -0.2) is 12.6 Å². The average Bonchev–Trinajstić information content (AvgIpc) is 2.83. The number of hydrogen-bond acceptors (Lipinski definition) is 0. The van der Waals surface area contributed by atoms with Crippen LogP contribution < -0.4 is 0 Å². The van der Waals surface area contributed by atoms with Crippen molar-refractivity contribution in [3.05, 3.63) is 45.5 Å². The molecule has 0 atom stereocenters. The second kappa shape index (κ2) is 6.93. The molecule has 2 aromatic carbocycles. The SMILES string of the molecule is CCCCn1c2ccc(I)cc2c2cc(C#C[Si](C)(C)C)ccc21. The lowest BCUT2D eigenvalue weighted by molar-refractivity contribution is 0.665. The first-order chi connectivity index (χ1) is 11.4. The Hall–Kier alpha value is -1.25. The third-order valence-corrected chi connectivity index (χ3v) is 5.69. The zero-order valence-electron chi connectivity index (χ0n) is 14.9. The molecule has 0 bridgehead atoms. The van der Waals surface area contributed by atoms with Gasteiger partial charge in [-0.3, -0.25) is 0 Å². The smallest absolute Gasteiger partial charge is 0.129 e. The Morgan fingerprint density at radius 1 is 1.00 bits per heavy atom. The van der Waals surface area contributed by atoms with E-state index in [1.54, 1.807) is 0 Å². The van der Waals surface area contributed by atoms with Gasteiger partial charge in [-0.1, -0.05) is 38.9 Å². The molecule has 0 radical (unpaired) electrons. The summed E-state index contributed by atoms with van der Waals surface area (Å²) >= 11 is 2.40. The molecular weight excluding hydrogens is 421 g/mol. The van der Waals surface area contributed by atoms with Gasteiger partial charge in [-0.2, -0.15) is 0 Å². The fourth-order valence-electron chi connectivity index (χ4n) is 2.97. The fraction of sp³-hybridized carbons (Fsp3) is 0.333. The van der Waals surface area contributed by atoms with Crippen LogP contribution in [0.1, 0.15) is 25.3 Å². The average molecular weight is 445 g/mol. The van der Waals surface area contributed by atoms with Gasteiger partial charge in [0.05, 0.1) is 0 Å². The molecule has 0 saturated carbocycles. The second-order valence-electron chi connectivity index (χ2n) is 7.40. The molecule has 0 aliphatic rings. The second-order valence-corrected chi connectivity index (χ2v) is 13.4. The maximum absolute atomic E-state index is 3.48. The maximum atomic E-state index is 3.48. The number of rotatable bonds is 3. The standard InChI is InChI=1S/C21H24INSi/c1-5-6-12-23-20-9-7-16(11-13-24(2,3)4)14-18(20)19-15-17(22)8-10-21(19)23/h7-10,14-15H,5-6,12H2,1-4H3. The summed E-state index contributed by atoms with van der Waals surface area (Å²) < 4.78 is 3.76. The number of nitrogens with zero attached hydrogens (tertiary/aromatic N) is 1. The van der Waals surface area contributed by atoms with E-state index in [2.05, 4.69) is 102 Å². The lowest BCUT2D eigenvalue weighted by Crippen LogP contribution is -2.16. The predicted molar refractivity (Wildman–Crippen MR) is 117 cm³/mol. The minimum Gasteiger partial charge on any atom is -0.340 e. The molecule has 1 heterocycles. The van der Waals surface area contributed by atoms with Crippen molar-refractivity contribution in [3.8, 4) is 11.5 Å². The highest BCUT2D eigenvalue weighted by molar-refractivity contribution is 14.1. The molecule has 24 heavy (non-hydrogen) atoms. The zero-order chi connectivity index (χ0) is 17.3. The number of fused-ring (bicyclic) bond motifs is 3. The summed E-state index contributed by atoms with van der Waals surface area (Å²) in [6.45, 7) is 10.2. The van der Waals surface area contributed by atoms with Gasteiger partial charge < -0.3 is 4.57 Å². The Morgan fingerprint density at radius 2 is 1.67 bits per heavy atom. The van der Waals surface area contributed by atoms with Crippen LogP contribution in [0.4, 0.5) is 0 Å². The molecule has 0 unspecified atom stereocenters. The van der Waals surface area contributed by atoms with Crippen molar-refractivity contribution in [1.29, 1.82) is 0 Å². The van der Waals surface area contributed by atoms with Gasteiger partial charge in [0.2, 0.25) is 0 Å². The van der Waals surface area contributed by atoms with E-state index in [1.807, 2.05) is 0 Å². The van der Waals surface area contributed by atoms with Crippen molar-refractivity contribution in [3.63, 3.8) is 0 Å². The Labute approximate surface area is 159 Å². The molecule has 1 aromatic heterocycles. The topological polar surface area (TPSA) is 4.93 Å². The Kier molecular flexibility index (Phi) is 5.07. The van der Waals surface area contributed by atoms with Gasteiger partial charge in [0.1, 0.15) is 8.07 Å². The van der Waals surface area contributed by atoms with Gasteiger partial charge in [-0.25, -0.2) is 0 Å². The van der Waals surface area contributed by atoms with Crippen molar-refractivity contribution < 1.29 is 0 Å². The highest BCUT2D eigenvalue weighted by Crippen LogP contribution is 2.31. The number of aromatic nitrogens is 1. The molecule has 0 aliphatic carbocycles. The molecule has 0 spiro atoms. The van der Waals surface area contributed by atoms with E-state index < -0.39 is 8.07 Å². The van der Waals surface area contributed by atoms with E-state index in [-0.39, 0.29) is 0 Å². The third-order valence-electron chi connectivity index (χ3n) is 4.14. The first-order valence-electron chi connectivity index (χ1n) is 8.64. The van der Waals surface area contributed by atoms with Crippen molar-refractivity contribution in [1.82, 2.24) is 4.57 Å². The summed E-state index contributed by atoms with van der Waals surface area (Å²) in [7, 11) is -1.35. The minimum absolute atomic E-state index is 1.08. The van der Waals surface area contributed by atoms with Crippen molar-refractivity contribution in [2.75, 3.05) is 0 Å². The molecule has 0 aliphatic heterocycles. The van der Waals surface area contributed by atoms with Crippen molar-refractivity contribution in [2.45, 2.75) is 46.0 Å². The largest absolute Gasteiger partial charge is 0.340 e. The minimum atomic E-state index is -1.35. The molecule has 0 N–H and O–H groups in total. The Bertz CT molecular complexity index is 951. The van der Waals surface area contributed by atoms with E-state index in [1.165, 1.54) is 38.2 Å². The summed E-state index contributed by atoms with van der Waals surface area (Å²) in [5.74, 6) is 3.41. The number of hydrogen-bond donors (Lipinski definition) is 0. The number of benzene rings is 2. The first-order valence-corrected chi connectivity index (χ1v) is 13.2.